The zero-order chi connectivity index (χ0) is 16.4. The van der Waals surface area contributed by atoms with Crippen molar-refractivity contribution in [2.24, 2.45) is 7.05 Å². The number of fused-ring (bicyclic) bond motifs is 1. The molecule has 2 N–H and O–H groups in total. The number of nitrogens with one attached hydrogen (secondary N) is 1. The van der Waals surface area contributed by atoms with Gasteiger partial charge in [0.1, 0.15) is 6.33 Å². The van der Waals surface area contributed by atoms with Crippen LogP contribution < -0.4 is 10.0 Å². The molecule has 0 spiro atoms. The number of aromatic carboxylic acids is 1. The lowest BCUT2D eigenvalue weighted by Gasteiger charge is -2.07. The number of carboxylic acid groups (broad SMARTS) is 1. The molecule has 23 heavy (non-hydrogen) atoms. The predicted molar refractivity (Wildman–Crippen MR) is 83.1 cm³/mol. The number of benzene rings is 1. The summed E-state index contributed by atoms with van der Waals surface area (Å²) in [5.74, 6) is -1.38. The van der Waals surface area contributed by atoms with E-state index >= 15 is 0 Å². The monoisotopic (exact) mass is 313 g/mol. The maximum absolute atomic E-state index is 12.2. The molecule has 8 nitrogen and oxygen atoms in total. The second kappa shape index (κ2) is 5.91. The quantitative estimate of drug-likeness (QED) is 0.536. The SMILES string of the molecule is Cn1c(C(=O)O)[n+]([O-])c2c(NCCc3ccccc3)ncnc21. The van der Waals surface area contributed by atoms with Crippen LogP contribution in [0.25, 0.3) is 11.2 Å². The van der Waals surface area contributed by atoms with Crippen molar-refractivity contribution in [3.8, 4) is 0 Å². The van der Waals surface area contributed by atoms with E-state index < -0.39 is 11.8 Å². The lowest BCUT2D eigenvalue weighted by atomic mass is 10.1. The normalized spacial score (nSPS) is 10.8. The maximum Gasteiger partial charge on any atom is 0.420 e. The summed E-state index contributed by atoms with van der Waals surface area (Å²) in [5.41, 5.74) is 1.55. The Morgan fingerprint density at radius 2 is 2.09 bits per heavy atom. The standard InChI is InChI=1S/C15H15N5O3/c1-19-13-11(20(23)14(19)15(21)22)12(17-9-18-13)16-8-7-10-5-3-2-4-6-10/h2-6,9H,7-8H2,1H3,(H,21,22)(H,16,17,18). The third kappa shape index (κ3) is 2.66. The van der Waals surface area contributed by atoms with Crippen molar-refractivity contribution < 1.29 is 14.6 Å². The van der Waals surface area contributed by atoms with E-state index in [1.54, 1.807) is 0 Å². The summed E-state index contributed by atoms with van der Waals surface area (Å²) in [7, 11) is 1.49. The van der Waals surface area contributed by atoms with Crippen LogP contribution in [0.3, 0.4) is 0 Å². The second-order valence-corrected chi connectivity index (χ2v) is 5.04. The molecule has 2 aromatic heterocycles. The smallest absolute Gasteiger partial charge is 0.420 e. The molecule has 3 rings (SSSR count). The van der Waals surface area contributed by atoms with E-state index in [0.29, 0.717) is 17.1 Å². The Bertz CT molecular complexity index is 860. The first-order chi connectivity index (χ1) is 11.1. The number of rotatable bonds is 5. The number of imidazole rings is 1. The molecule has 0 aliphatic carbocycles. The van der Waals surface area contributed by atoms with E-state index in [-0.39, 0.29) is 11.2 Å². The molecule has 0 aliphatic heterocycles. The van der Waals surface area contributed by atoms with E-state index in [1.165, 1.54) is 17.9 Å². The number of anilines is 1. The topological polar surface area (TPSA) is 107 Å². The van der Waals surface area contributed by atoms with Crippen LogP contribution in [0.15, 0.2) is 36.7 Å². The van der Waals surface area contributed by atoms with E-state index in [2.05, 4.69) is 15.3 Å². The Kier molecular flexibility index (Phi) is 3.80. The molecule has 3 aromatic rings. The summed E-state index contributed by atoms with van der Waals surface area (Å²) >= 11 is 0. The average Bonchev–Trinajstić information content (AvgIpc) is 2.80. The number of nitrogens with zero attached hydrogens (tertiary/aromatic N) is 4. The Morgan fingerprint density at radius 3 is 2.78 bits per heavy atom. The summed E-state index contributed by atoms with van der Waals surface area (Å²) in [5, 5.41) is 24.5. The van der Waals surface area contributed by atoms with E-state index in [4.69, 9.17) is 5.11 Å². The van der Waals surface area contributed by atoms with E-state index in [1.807, 2.05) is 30.3 Å². The molecule has 0 bridgehead atoms. The van der Waals surface area contributed by atoms with Crippen LogP contribution in [0, 0.1) is 5.21 Å². The number of hydrogen-bond donors (Lipinski definition) is 2. The van der Waals surface area contributed by atoms with Crippen molar-refractivity contribution in [2.45, 2.75) is 6.42 Å². The van der Waals surface area contributed by atoms with Crippen molar-refractivity contribution in [1.82, 2.24) is 14.5 Å². The first-order valence-corrected chi connectivity index (χ1v) is 7.03. The van der Waals surface area contributed by atoms with Gasteiger partial charge >= 0.3 is 11.8 Å². The van der Waals surface area contributed by atoms with Gasteiger partial charge in [0, 0.05) is 6.54 Å². The predicted octanol–water partition coefficient (Wildman–Crippen LogP) is 0.954. The number of aromatic nitrogens is 4. The van der Waals surface area contributed by atoms with Gasteiger partial charge in [0.15, 0.2) is 5.82 Å². The molecule has 0 atom stereocenters. The molecule has 8 heteroatoms. The molecule has 1 aromatic carbocycles. The van der Waals surface area contributed by atoms with Crippen molar-refractivity contribution in [1.29, 1.82) is 0 Å². The van der Waals surface area contributed by atoms with Crippen molar-refractivity contribution in [3.05, 3.63) is 53.3 Å². The van der Waals surface area contributed by atoms with Gasteiger partial charge in [-0.2, -0.15) is 4.98 Å². The molecular formula is C15H15N5O3. The first-order valence-electron chi connectivity index (χ1n) is 7.03. The third-order valence-electron chi connectivity index (χ3n) is 3.57. The highest BCUT2D eigenvalue weighted by atomic mass is 16.5. The Balaban J connectivity index is 1.89. The highest BCUT2D eigenvalue weighted by molar-refractivity contribution is 5.88. The van der Waals surface area contributed by atoms with Gasteiger partial charge in [-0.05, 0) is 12.0 Å². The summed E-state index contributed by atoms with van der Waals surface area (Å²) in [6.45, 7) is 0.563. The van der Waals surface area contributed by atoms with Gasteiger partial charge in [-0.1, -0.05) is 30.3 Å². The van der Waals surface area contributed by atoms with Gasteiger partial charge in [0.05, 0.1) is 7.05 Å². The average molecular weight is 313 g/mol. The first kappa shape index (κ1) is 14.8. The van der Waals surface area contributed by atoms with Crippen LogP contribution in [-0.4, -0.2) is 32.2 Å². The molecule has 0 saturated heterocycles. The summed E-state index contributed by atoms with van der Waals surface area (Å²) in [6, 6.07) is 9.88. The molecular weight excluding hydrogens is 298 g/mol. The van der Waals surface area contributed by atoms with Crippen LogP contribution in [0.2, 0.25) is 0 Å². The zero-order valence-corrected chi connectivity index (χ0v) is 12.4. The van der Waals surface area contributed by atoms with Crippen molar-refractivity contribution >= 4 is 23.0 Å². The van der Waals surface area contributed by atoms with Crippen molar-refractivity contribution in [2.75, 3.05) is 11.9 Å². The van der Waals surface area contributed by atoms with Crippen LogP contribution >= 0.6 is 0 Å². The molecule has 0 radical (unpaired) electrons. The van der Waals surface area contributed by atoms with Gasteiger partial charge in [-0.25, -0.2) is 19.1 Å². The minimum Gasteiger partial charge on any atom is -0.710 e. The van der Waals surface area contributed by atoms with E-state index in [9.17, 15) is 10.0 Å². The highest BCUT2D eigenvalue weighted by Crippen LogP contribution is 2.17. The fourth-order valence-corrected chi connectivity index (χ4v) is 2.47. The number of aryl methyl sites for hydroxylation is 1. The van der Waals surface area contributed by atoms with Gasteiger partial charge < -0.3 is 15.6 Å². The lowest BCUT2D eigenvalue weighted by Crippen LogP contribution is -2.34. The van der Waals surface area contributed by atoms with Crippen molar-refractivity contribution in [3.63, 3.8) is 0 Å². The lowest BCUT2D eigenvalue weighted by molar-refractivity contribution is -0.580. The van der Waals surface area contributed by atoms with Gasteiger partial charge in [0.2, 0.25) is 5.52 Å². The Labute approximate surface area is 131 Å². The molecule has 118 valence electrons. The number of hydrogen-bond acceptors (Lipinski definition) is 5. The minimum atomic E-state index is -1.31. The summed E-state index contributed by atoms with van der Waals surface area (Å²) in [4.78, 5) is 19.3. The van der Waals surface area contributed by atoms with Gasteiger partial charge in [-0.3, -0.25) is 0 Å². The summed E-state index contributed by atoms with van der Waals surface area (Å²) in [6.07, 6.45) is 2.06. The zero-order valence-electron chi connectivity index (χ0n) is 12.4. The van der Waals surface area contributed by atoms with E-state index in [0.717, 1.165) is 12.0 Å². The minimum absolute atomic E-state index is 0.125. The van der Waals surface area contributed by atoms with Crippen LogP contribution in [0.4, 0.5) is 5.82 Å². The number of carbonyl (C=O) groups is 1. The fraction of sp³-hybridized carbons (Fsp3) is 0.200. The second-order valence-electron chi connectivity index (χ2n) is 5.04. The molecule has 0 saturated carbocycles. The van der Waals surface area contributed by atoms with Crippen LogP contribution in [-0.2, 0) is 13.5 Å². The van der Waals surface area contributed by atoms with Gasteiger partial charge in [0.25, 0.3) is 5.65 Å². The molecule has 0 amide bonds. The molecule has 0 fully saturated rings. The maximum atomic E-state index is 12.2. The highest BCUT2D eigenvalue weighted by Gasteiger charge is 2.28. The fourth-order valence-electron chi connectivity index (χ4n) is 2.47. The van der Waals surface area contributed by atoms with Crippen LogP contribution in [0.1, 0.15) is 16.2 Å². The summed E-state index contributed by atoms with van der Waals surface area (Å²) < 4.78 is 1.59. The van der Waals surface area contributed by atoms with Gasteiger partial charge in [-0.15, -0.1) is 0 Å². The largest absolute Gasteiger partial charge is 0.710 e. The Morgan fingerprint density at radius 1 is 1.35 bits per heavy atom. The molecule has 0 unspecified atom stereocenters. The number of carboxylic acids is 1. The third-order valence-corrected chi connectivity index (χ3v) is 3.57. The Hall–Kier alpha value is -3.16. The molecule has 0 aliphatic rings. The molecule has 2 heterocycles. The van der Waals surface area contributed by atoms with Crippen LogP contribution in [0.5, 0.6) is 0 Å².